The molecule has 0 bridgehead atoms. The largest absolute Gasteiger partial charge is 0.345 e. The fourth-order valence-corrected chi connectivity index (χ4v) is 1.90. The van der Waals surface area contributed by atoms with Gasteiger partial charge in [0.1, 0.15) is 5.82 Å². The summed E-state index contributed by atoms with van der Waals surface area (Å²) in [6.45, 7) is 15.7. The van der Waals surface area contributed by atoms with Crippen molar-refractivity contribution >= 4 is 0 Å². The molecule has 1 heterocycles. The lowest BCUT2D eigenvalue weighted by Crippen LogP contribution is -2.13. The van der Waals surface area contributed by atoms with Crippen LogP contribution in [0, 0.1) is 0 Å². The second-order valence-corrected chi connectivity index (χ2v) is 6.25. The smallest absolute Gasteiger partial charge is 0.112 e. The fraction of sp³-hybridized carbons (Fsp3) is 0.800. The Morgan fingerprint density at radius 2 is 1.59 bits per heavy atom. The van der Waals surface area contributed by atoms with E-state index >= 15 is 0 Å². The summed E-state index contributed by atoms with van der Waals surface area (Å²) in [4.78, 5) is 8.44. The molecule has 0 saturated heterocycles. The van der Waals surface area contributed by atoms with Gasteiger partial charge in [-0.05, 0) is 24.7 Å². The fourth-order valence-electron chi connectivity index (χ4n) is 1.90. The number of hydrogen-bond donors (Lipinski definition) is 1. The Morgan fingerprint density at radius 3 is 2.00 bits per heavy atom. The normalized spacial score (nSPS) is 15.9. The molecule has 0 radical (unpaired) electrons. The van der Waals surface area contributed by atoms with E-state index in [2.05, 4.69) is 53.5 Å². The SMILES string of the molecule is CCC(C)c1nc(C(C)(C)C)[nH]c1C(C)CC. The Bertz CT molecular complexity index is 330. The van der Waals surface area contributed by atoms with Crippen molar-refractivity contribution in [1.82, 2.24) is 9.97 Å². The number of nitrogens with one attached hydrogen (secondary N) is 1. The molecule has 0 amide bonds. The molecule has 2 heteroatoms. The van der Waals surface area contributed by atoms with Gasteiger partial charge in [0.2, 0.25) is 0 Å². The molecular formula is C15H28N2. The Morgan fingerprint density at radius 1 is 1.06 bits per heavy atom. The third kappa shape index (κ3) is 3.11. The minimum Gasteiger partial charge on any atom is -0.345 e. The number of hydrogen-bond acceptors (Lipinski definition) is 1. The molecule has 2 nitrogen and oxygen atoms in total. The van der Waals surface area contributed by atoms with Crippen LogP contribution in [0.1, 0.15) is 90.4 Å². The first-order valence-corrected chi connectivity index (χ1v) is 6.91. The highest BCUT2D eigenvalue weighted by atomic mass is 15.0. The molecule has 2 atom stereocenters. The van der Waals surface area contributed by atoms with Crippen LogP contribution in [0.5, 0.6) is 0 Å². The minimum atomic E-state index is 0.105. The van der Waals surface area contributed by atoms with Crippen LogP contribution >= 0.6 is 0 Å². The predicted molar refractivity (Wildman–Crippen MR) is 74.7 cm³/mol. The summed E-state index contributed by atoms with van der Waals surface area (Å²) >= 11 is 0. The highest BCUT2D eigenvalue weighted by Gasteiger charge is 2.24. The standard InChI is InChI=1S/C15H28N2/c1-8-10(3)12-13(11(4)9-2)17-14(16-12)15(5,6)7/h10-11H,8-9H2,1-7H3,(H,16,17). The van der Waals surface area contributed by atoms with Gasteiger partial charge in [0.25, 0.3) is 0 Å². The highest BCUT2D eigenvalue weighted by Crippen LogP contribution is 2.31. The number of H-pyrrole nitrogens is 1. The molecule has 0 saturated carbocycles. The van der Waals surface area contributed by atoms with Crippen molar-refractivity contribution in [3.8, 4) is 0 Å². The first-order chi connectivity index (χ1) is 7.81. The van der Waals surface area contributed by atoms with Gasteiger partial charge in [0, 0.05) is 11.1 Å². The lowest BCUT2D eigenvalue weighted by atomic mass is 9.96. The average Bonchev–Trinajstić information content (AvgIpc) is 2.71. The van der Waals surface area contributed by atoms with Gasteiger partial charge in [-0.2, -0.15) is 0 Å². The van der Waals surface area contributed by atoms with Crippen LogP contribution in [0.15, 0.2) is 0 Å². The number of aromatic nitrogens is 2. The first-order valence-electron chi connectivity index (χ1n) is 6.91. The number of imidazole rings is 1. The average molecular weight is 236 g/mol. The van der Waals surface area contributed by atoms with Crippen LogP contribution in [0.4, 0.5) is 0 Å². The van der Waals surface area contributed by atoms with Crippen molar-refractivity contribution in [2.75, 3.05) is 0 Å². The van der Waals surface area contributed by atoms with Crippen molar-refractivity contribution in [1.29, 1.82) is 0 Å². The third-order valence-electron chi connectivity index (χ3n) is 3.66. The molecule has 0 spiro atoms. The van der Waals surface area contributed by atoms with Gasteiger partial charge in [-0.25, -0.2) is 4.98 Å². The molecular weight excluding hydrogens is 208 g/mol. The minimum absolute atomic E-state index is 0.105. The molecule has 0 aliphatic heterocycles. The van der Waals surface area contributed by atoms with Crippen LogP contribution in [0.25, 0.3) is 0 Å². The number of nitrogens with zero attached hydrogens (tertiary/aromatic N) is 1. The second-order valence-electron chi connectivity index (χ2n) is 6.25. The third-order valence-corrected chi connectivity index (χ3v) is 3.66. The Balaban J connectivity index is 3.21. The molecule has 17 heavy (non-hydrogen) atoms. The molecule has 2 unspecified atom stereocenters. The summed E-state index contributed by atoms with van der Waals surface area (Å²) < 4.78 is 0. The van der Waals surface area contributed by atoms with E-state index in [9.17, 15) is 0 Å². The zero-order valence-corrected chi connectivity index (χ0v) is 12.5. The maximum absolute atomic E-state index is 4.87. The summed E-state index contributed by atoms with van der Waals surface area (Å²) in [7, 11) is 0. The van der Waals surface area contributed by atoms with Crippen molar-refractivity contribution in [3.63, 3.8) is 0 Å². The van der Waals surface area contributed by atoms with Crippen molar-refractivity contribution < 1.29 is 0 Å². The molecule has 0 aliphatic carbocycles. The summed E-state index contributed by atoms with van der Waals surface area (Å²) in [5.41, 5.74) is 2.74. The van der Waals surface area contributed by atoms with Gasteiger partial charge in [0.05, 0.1) is 5.69 Å². The van der Waals surface area contributed by atoms with E-state index in [0.717, 1.165) is 18.7 Å². The van der Waals surface area contributed by atoms with Crippen LogP contribution in [0.2, 0.25) is 0 Å². The van der Waals surface area contributed by atoms with Crippen molar-refractivity contribution in [3.05, 3.63) is 17.2 Å². The maximum atomic E-state index is 4.87. The van der Waals surface area contributed by atoms with Crippen LogP contribution in [-0.2, 0) is 5.41 Å². The number of aromatic amines is 1. The second kappa shape index (κ2) is 5.24. The Kier molecular flexibility index (Phi) is 4.40. The number of rotatable bonds is 4. The molecule has 1 N–H and O–H groups in total. The van der Waals surface area contributed by atoms with Gasteiger partial charge < -0.3 is 4.98 Å². The van der Waals surface area contributed by atoms with E-state index in [1.165, 1.54) is 11.4 Å². The zero-order valence-electron chi connectivity index (χ0n) is 12.5. The van der Waals surface area contributed by atoms with Gasteiger partial charge >= 0.3 is 0 Å². The van der Waals surface area contributed by atoms with Crippen LogP contribution < -0.4 is 0 Å². The highest BCUT2D eigenvalue weighted by molar-refractivity contribution is 5.24. The van der Waals surface area contributed by atoms with E-state index in [0.29, 0.717) is 11.8 Å². The summed E-state index contributed by atoms with van der Waals surface area (Å²) in [5.74, 6) is 2.25. The van der Waals surface area contributed by atoms with E-state index < -0.39 is 0 Å². The van der Waals surface area contributed by atoms with E-state index in [-0.39, 0.29) is 5.41 Å². The summed E-state index contributed by atoms with van der Waals surface area (Å²) in [5, 5.41) is 0. The van der Waals surface area contributed by atoms with Gasteiger partial charge in [0.15, 0.2) is 0 Å². The first kappa shape index (κ1) is 14.3. The van der Waals surface area contributed by atoms with Gasteiger partial charge in [-0.15, -0.1) is 0 Å². The van der Waals surface area contributed by atoms with Crippen molar-refractivity contribution in [2.45, 2.75) is 78.6 Å². The van der Waals surface area contributed by atoms with E-state index in [1.54, 1.807) is 0 Å². The van der Waals surface area contributed by atoms with Crippen LogP contribution in [-0.4, -0.2) is 9.97 Å². The monoisotopic (exact) mass is 236 g/mol. The Labute approximate surface area is 106 Å². The lowest BCUT2D eigenvalue weighted by Gasteiger charge is -2.14. The lowest BCUT2D eigenvalue weighted by molar-refractivity contribution is 0.547. The quantitative estimate of drug-likeness (QED) is 0.804. The van der Waals surface area contributed by atoms with Crippen molar-refractivity contribution in [2.24, 2.45) is 0 Å². The molecule has 0 fully saturated rings. The maximum Gasteiger partial charge on any atom is 0.112 e. The Hall–Kier alpha value is -0.790. The van der Waals surface area contributed by atoms with E-state index in [4.69, 9.17) is 4.98 Å². The van der Waals surface area contributed by atoms with Crippen LogP contribution in [0.3, 0.4) is 0 Å². The zero-order chi connectivity index (χ0) is 13.2. The van der Waals surface area contributed by atoms with Gasteiger partial charge in [-0.3, -0.25) is 0 Å². The topological polar surface area (TPSA) is 28.7 Å². The summed E-state index contributed by atoms with van der Waals surface area (Å²) in [6, 6.07) is 0. The molecule has 1 aromatic heterocycles. The predicted octanol–water partition coefficient (Wildman–Crippen LogP) is 4.73. The molecule has 1 rings (SSSR count). The molecule has 0 aromatic carbocycles. The molecule has 1 aromatic rings. The van der Waals surface area contributed by atoms with Gasteiger partial charge in [-0.1, -0.05) is 48.5 Å². The molecule has 0 aliphatic rings. The molecule has 98 valence electrons. The van der Waals surface area contributed by atoms with E-state index in [1.807, 2.05) is 0 Å². The summed E-state index contributed by atoms with van der Waals surface area (Å²) in [6.07, 6.45) is 2.31.